The van der Waals surface area contributed by atoms with Crippen LogP contribution in [-0.4, -0.2) is 54.5 Å². The summed E-state index contributed by atoms with van der Waals surface area (Å²) in [7, 11) is 1.67. The molecule has 1 fully saturated rings. The second-order valence-electron chi connectivity index (χ2n) is 6.94. The van der Waals surface area contributed by atoms with Crippen LogP contribution in [0.2, 0.25) is 0 Å². The predicted molar refractivity (Wildman–Crippen MR) is 109 cm³/mol. The van der Waals surface area contributed by atoms with Crippen molar-refractivity contribution in [2.24, 2.45) is 0 Å². The van der Waals surface area contributed by atoms with E-state index in [1.807, 2.05) is 30.3 Å². The average molecular weight is 381 g/mol. The molecule has 2 heterocycles. The van der Waals surface area contributed by atoms with Crippen LogP contribution in [0.1, 0.15) is 12.2 Å². The van der Waals surface area contributed by atoms with E-state index in [9.17, 15) is 0 Å². The zero-order chi connectivity index (χ0) is 19.2. The zero-order valence-electron chi connectivity index (χ0n) is 16.3. The smallest absolute Gasteiger partial charge is 0.124 e. The van der Waals surface area contributed by atoms with Crippen LogP contribution < -0.4 is 9.47 Å². The molecule has 3 aromatic rings. The number of imidazole rings is 1. The fraction of sp³-hybridized carbons (Fsp3) is 0.409. The van der Waals surface area contributed by atoms with Crippen molar-refractivity contribution in [3.05, 3.63) is 54.4 Å². The van der Waals surface area contributed by atoms with Crippen molar-refractivity contribution in [1.29, 1.82) is 0 Å². The molecule has 6 heteroatoms. The molecule has 6 nitrogen and oxygen atoms in total. The molecule has 0 bridgehead atoms. The number of hydrogen-bond acceptors (Lipinski definition) is 5. The Morgan fingerprint density at radius 2 is 1.86 bits per heavy atom. The van der Waals surface area contributed by atoms with Gasteiger partial charge in [-0.1, -0.05) is 18.2 Å². The fourth-order valence-corrected chi connectivity index (χ4v) is 3.56. The van der Waals surface area contributed by atoms with Gasteiger partial charge >= 0.3 is 0 Å². The molecule has 148 valence electrons. The molecule has 4 rings (SSSR count). The summed E-state index contributed by atoms with van der Waals surface area (Å²) in [4.78, 5) is 7.30. The molecule has 0 aliphatic carbocycles. The molecule has 1 aliphatic heterocycles. The fourth-order valence-electron chi connectivity index (χ4n) is 3.56. The van der Waals surface area contributed by atoms with Crippen LogP contribution in [0.5, 0.6) is 11.5 Å². The second-order valence-corrected chi connectivity index (χ2v) is 6.94. The summed E-state index contributed by atoms with van der Waals surface area (Å²) in [6.07, 6.45) is 0.910. The van der Waals surface area contributed by atoms with E-state index in [0.717, 1.165) is 68.7 Å². The molecule has 0 unspecified atom stereocenters. The highest BCUT2D eigenvalue weighted by molar-refractivity contribution is 5.75. The molecule has 0 amide bonds. The zero-order valence-corrected chi connectivity index (χ0v) is 16.3. The maximum Gasteiger partial charge on any atom is 0.124 e. The minimum absolute atomic E-state index is 0.649. The Bertz CT molecular complexity index is 903. The number of rotatable bonds is 8. The SMILES string of the molecule is COc1cccc(OCCCn2c(CN3CCOCC3)nc3ccccc32)c1. The van der Waals surface area contributed by atoms with Gasteiger partial charge in [-0.2, -0.15) is 0 Å². The third-order valence-electron chi connectivity index (χ3n) is 5.04. The summed E-state index contributed by atoms with van der Waals surface area (Å²) >= 11 is 0. The van der Waals surface area contributed by atoms with Gasteiger partial charge < -0.3 is 18.8 Å². The molecule has 0 atom stereocenters. The van der Waals surface area contributed by atoms with Gasteiger partial charge in [0, 0.05) is 25.7 Å². The third-order valence-corrected chi connectivity index (χ3v) is 5.04. The van der Waals surface area contributed by atoms with Crippen molar-refractivity contribution in [2.75, 3.05) is 40.0 Å². The molecule has 2 aromatic carbocycles. The topological polar surface area (TPSA) is 48.8 Å². The van der Waals surface area contributed by atoms with Crippen LogP contribution in [-0.2, 0) is 17.8 Å². The van der Waals surface area contributed by atoms with Crippen LogP contribution in [0.3, 0.4) is 0 Å². The highest BCUT2D eigenvalue weighted by Crippen LogP contribution is 2.20. The van der Waals surface area contributed by atoms with Gasteiger partial charge in [0.15, 0.2) is 0 Å². The Kier molecular flexibility index (Phi) is 6.09. The summed E-state index contributed by atoms with van der Waals surface area (Å²) in [6.45, 7) is 5.91. The molecule has 0 radical (unpaired) electrons. The monoisotopic (exact) mass is 381 g/mol. The predicted octanol–water partition coefficient (Wildman–Crippen LogP) is 3.35. The largest absolute Gasteiger partial charge is 0.497 e. The normalized spacial score (nSPS) is 15.0. The molecule has 0 N–H and O–H groups in total. The van der Waals surface area contributed by atoms with Gasteiger partial charge in [0.1, 0.15) is 17.3 Å². The lowest BCUT2D eigenvalue weighted by atomic mass is 10.3. The third kappa shape index (κ3) is 4.46. The second kappa shape index (κ2) is 9.08. The summed E-state index contributed by atoms with van der Waals surface area (Å²) in [5.41, 5.74) is 2.24. The number of aromatic nitrogens is 2. The first-order valence-corrected chi connectivity index (χ1v) is 9.84. The minimum atomic E-state index is 0.649. The quantitative estimate of drug-likeness (QED) is 0.560. The number of hydrogen-bond donors (Lipinski definition) is 0. The molecule has 28 heavy (non-hydrogen) atoms. The first kappa shape index (κ1) is 18.8. The summed E-state index contributed by atoms with van der Waals surface area (Å²) in [5, 5.41) is 0. The molecule has 1 aliphatic rings. The Morgan fingerprint density at radius 1 is 1.04 bits per heavy atom. The van der Waals surface area contributed by atoms with E-state index in [4.69, 9.17) is 19.2 Å². The van der Waals surface area contributed by atoms with Gasteiger partial charge in [-0.05, 0) is 30.7 Å². The summed E-state index contributed by atoms with van der Waals surface area (Å²) < 4.78 is 19.0. The molecule has 0 saturated carbocycles. The van der Waals surface area contributed by atoms with E-state index < -0.39 is 0 Å². The molecular weight excluding hydrogens is 354 g/mol. The summed E-state index contributed by atoms with van der Waals surface area (Å²) in [6, 6.07) is 16.1. The number of para-hydroxylation sites is 2. The average Bonchev–Trinajstić information content (AvgIpc) is 3.09. The van der Waals surface area contributed by atoms with Crippen LogP contribution in [0.15, 0.2) is 48.5 Å². The maximum absolute atomic E-state index is 5.91. The van der Waals surface area contributed by atoms with Gasteiger partial charge in [-0.25, -0.2) is 4.98 Å². The molecular formula is C22H27N3O3. The van der Waals surface area contributed by atoms with Crippen LogP contribution in [0.25, 0.3) is 11.0 Å². The lowest BCUT2D eigenvalue weighted by molar-refractivity contribution is 0.0326. The lowest BCUT2D eigenvalue weighted by Gasteiger charge is -2.26. The van der Waals surface area contributed by atoms with Crippen LogP contribution in [0.4, 0.5) is 0 Å². The first-order chi connectivity index (χ1) is 13.8. The van der Waals surface area contributed by atoms with Crippen molar-refractivity contribution >= 4 is 11.0 Å². The Balaban J connectivity index is 1.42. The Labute approximate surface area is 165 Å². The molecule has 0 spiro atoms. The first-order valence-electron chi connectivity index (χ1n) is 9.84. The van der Waals surface area contributed by atoms with Gasteiger partial charge in [0.25, 0.3) is 0 Å². The number of fused-ring (bicyclic) bond motifs is 1. The van der Waals surface area contributed by atoms with Gasteiger partial charge in [0.05, 0.1) is 44.5 Å². The van der Waals surface area contributed by atoms with Crippen molar-refractivity contribution in [3.8, 4) is 11.5 Å². The van der Waals surface area contributed by atoms with E-state index in [1.54, 1.807) is 7.11 Å². The van der Waals surface area contributed by atoms with Gasteiger partial charge in [-0.3, -0.25) is 4.90 Å². The number of benzene rings is 2. The van der Waals surface area contributed by atoms with Crippen molar-refractivity contribution in [3.63, 3.8) is 0 Å². The molecule has 1 saturated heterocycles. The van der Waals surface area contributed by atoms with E-state index in [1.165, 1.54) is 5.52 Å². The van der Waals surface area contributed by atoms with Gasteiger partial charge in [-0.15, -0.1) is 0 Å². The Hall–Kier alpha value is -2.57. The Morgan fingerprint density at radius 3 is 2.71 bits per heavy atom. The minimum Gasteiger partial charge on any atom is -0.497 e. The van der Waals surface area contributed by atoms with Crippen molar-refractivity contribution < 1.29 is 14.2 Å². The van der Waals surface area contributed by atoms with Crippen LogP contribution >= 0.6 is 0 Å². The highest BCUT2D eigenvalue weighted by Gasteiger charge is 2.16. The van der Waals surface area contributed by atoms with Crippen LogP contribution in [0, 0.1) is 0 Å². The lowest BCUT2D eigenvalue weighted by Crippen LogP contribution is -2.36. The molecule has 1 aromatic heterocycles. The van der Waals surface area contributed by atoms with Gasteiger partial charge in [0.2, 0.25) is 0 Å². The van der Waals surface area contributed by atoms with E-state index in [0.29, 0.717) is 6.61 Å². The van der Waals surface area contributed by atoms with Crippen molar-refractivity contribution in [1.82, 2.24) is 14.5 Å². The number of methoxy groups -OCH3 is 1. The van der Waals surface area contributed by atoms with E-state index in [-0.39, 0.29) is 0 Å². The number of aryl methyl sites for hydroxylation is 1. The standard InChI is InChI=1S/C22H27N3O3/c1-26-18-6-4-7-19(16-18)28-13-5-10-25-21-9-3-2-8-20(21)23-22(25)17-24-11-14-27-15-12-24/h2-4,6-9,16H,5,10-15,17H2,1H3. The van der Waals surface area contributed by atoms with E-state index >= 15 is 0 Å². The number of nitrogens with zero attached hydrogens (tertiary/aromatic N) is 3. The highest BCUT2D eigenvalue weighted by atomic mass is 16.5. The maximum atomic E-state index is 5.91. The number of morpholine rings is 1. The summed E-state index contributed by atoms with van der Waals surface area (Å²) in [5.74, 6) is 2.76. The van der Waals surface area contributed by atoms with Crippen molar-refractivity contribution in [2.45, 2.75) is 19.5 Å². The number of ether oxygens (including phenoxy) is 3. The van der Waals surface area contributed by atoms with E-state index in [2.05, 4.69) is 27.7 Å².